The third-order valence-electron chi connectivity index (χ3n) is 5.32. The molecule has 0 aromatic heterocycles. The first-order chi connectivity index (χ1) is 9.67. The van der Waals surface area contributed by atoms with Crippen molar-refractivity contribution in [2.75, 3.05) is 0 Å². The van der Waals surface area contributed by atoms with Crippen molar-refractivity contribution in [1.82, 2.24) is 0 Å². The highest BCUT2D eigenvalue weighted by Gasteiger charge is 2.30. The number of unbranched alkanes of at least 4 members (excludes halogenated alkanes) is 1. The Hall–Kier alpha value is -0.780. The second kappa shape index (κ2) is 7.29. The Kier molecular flexibility index (Phi) is 5.69. The van der Waals surface area contributed by atoms with E-state index in [0.29, 0.717) is 5.41 Å². The summed E-state index contributed by atoms with van der Waals surface area (Å²) in [6.45, 7) is 7.09. The van der Waals surface area contributed by atoms with Gasteiger partial charge in [0, 0.05) is 0 Å². The Labute approximate surface area is 126 Å². The molecule has 0 unspecified atom stereocenters. The molecule has 1 aromatic carbocycles. The molecule has 0 atom stereocenters. The van der Waals surface area contributed by atoms with Gasteiger partial charge >= 0.3 is 0 Å². The zero-order valence-corrected chi connectivity index (χ0v) is 13.8. The van der Waals surface area contributed by atoms with E-state index in [0.717, 1.165) is 5.92 Å². The van der Waals surface area contributed by atoms with Gasteiger partial charge < -0.3 is 0 Å². The molecule has 0 bridgehead atoms. The van der Waals surface area contributed by atoms with Crippen LogP contribution >= 0.6 is 0 Å². The van der Waals surface area contributed by atoms with E-state index >= 15 is 0 Å². The topological polar surface area (TPSA) is 0 Å². The number of hydrogen-bond donors (Lipinski definition) is 0. The van der Waals surface area contributed by atoms with Crippen molar-refractivity contribution in [3.63, 3.8) is 0 Å². The molecule has 0 N–H and O–H groups in total. The van der Waals surface area contributed by atoms with E-state index in [1.54, 1.807) is 5.56 Å². The van der Waals surface area contributed by atoms with Crippen LogP contribution in [0.5, 0.6) is 0 Å². The first-order valence-corrected chi connectivity index (χ1v) is 8.75. The van der Waals surface area contributed by atoms with Crippen LogP contribution < -0.4 is 0 Å². The van der Waals surface area contributed by atoms with E-state index in [9.17, 15) is 0 Å². The smallest absolute Gasteiger partial charge is 0.0162 e. The van der Waals surface area contributed by atoms with Crippen molar-refractivity contribution in [3.8, 4) is 0 Å². The molecular weight excluding hydrogens is 240 g/mol. The molecule has 1 aliphatic carbocycles. The summed E-state index contributed by atoms with van der Waals surface area (Å²) in [5, 5.41) is 0. The maximum atomic E-state index is 2.52. The van der Waals surface area contributed by atoms with Crippen molar-refractivity contribution in [2.45, 2.75) is 84.5 Å². The molecule has 2 rings (SSSR count). The van der Waals surface area contributed by atoms with Crippen molar-refractivity contribution < 1.29 is 0 Å². The number of rotatable bonds is 6. The highest BCUT2D eigenvalue weighted by Crippen LogP contribution is 2.45. The predicted octanol–water partition coefficient (Wildman–Crippen LogP) is 6.49. The lowest BCUT2D eigenvalue weighted by Gasteiger charge is -2.37. The summed E-state index contributed by atoms with van der Waals surface area (Å²) >= 11 is 0. The average molecular weight is 272 g/mol. The van der Waals surface area contributed by atoms with Crippen LogP contribution in [0.4, 0.5) is 0 Å². The van der Waals surface area contributed by atoms with Gasteiger partial charge in [0.05, 0.1) is 0 Å². The minimum Gasteiger partial charge on any atom is -0.0654 e. The first kappa shape index (κ1) is 15.6. The van der Waals surface area contributed by atoms with Crippen molar-refractivity contribution >= 4 is 0 Å². The number of aryl methyl sites for hydroxylation is 1. The normalized spacial score (nSPS) is 26.6. The molecule has 1 aromatic rings. The summed E-state index contributed by atoms with van der Waals surface area (Å²) < 4.78 is 0. The zero-order chi connectivity index (χ0) is 14.4. The third-order valence-corrected chi connectivity index (χ3v) is 5.32. The first-order valence-electron chi connectivity index (χ1n) is 8.75. The maximum absolute atomic E-state index is 2.52. The molecule has 0 spiro atoms. The minimum atomic E-state index is 0.634. The van der Waals surface area contributed by atoms with Crippen LogP contribution in [0.15, 0.2) is 24.3 Å². The lowest BCUT2D eigenvalue weighted by molar-refractivity contribution is 0.179. The minimum absolute atomic E-state index is 0.634. The van der Waals surface area contributed by atoms with E-state index in [1.165, 1.54) is 63.4 Å². The van der Waals surface area contributed by atoms with Gasteiger partial charge in [-0.05, 0) is 61.0 Å². The number of benzene rings is 1. The highest BCUT2D eigenvalue weighted by atomic mass is 14.4. The lowest BCUT2D eigenvalue weighted by atomic mass is 9.68. The lowest BCUT2D eigenvalue weighted by Crippen LogP contribution is -2.23. The van der Waals surface area contributed by atoms with Crippen LogP contribution in [-0.2, 0) is 6.42 Å². The van der Waals surface area contributed by atoms with Gasteiger partial charge in [0.2, 0.25) is 0 Å². The summed E-state index contributed by atoms with van der Waals surface area (Å²) in [7, 11) is 0. The Bertz CT molecular complexity index is 379. The zero-order valence-electron chi connectivity index (χ0n) is 13.8. The molecular formula is C20H32. The molecule has 112 valence electrons. The second-order valence-electron chi connectivity index (χ2n) is 7.18. The monoisotopic (exact) mass is 272 g/mol. The van der Waals surface area contributed by atoms with Crippen LogP contribution in [0.3, 0.4) is 0 Å². The third kappa shape index (κ3) is 4.11. The standard InChI is InChI=1S/C20H32/c1-4-6-14-20(3)15-12-19(13-16-20)18-10-8-17(7-5-2)9-11-18/h8-11,19H,4-7,12-16H2,1-3H3/t19-,20+. The second-order valence-corrected chi connectivity index (χ2v) is 7.18. The summed E-state index contributed by atoms with van der Waals surface area (Å²) in [6.07, 6.45) is 12.3. The van der Waals surface area contributed by atoms with Crippen molar-refractivity contribution in [3.05, 3.63) is 35.4 Å². The fraction of sp³-hybridized carbons (Fsp3) is 0.700. The van der Waals surface area contributed by atoms with Crippen LogP contribution in [-0.4, -0.2) is 0 Å². The predicted molar refractivity (Wildman–Crippen MR) is 89.3 cm³/mol. The van der Waals surface area contributed by atoms with Crippen LogP contribution in [0, 0.1) is 5.41 Å². The Balaban J connectivity index is 1.89. The average Bonchev–Trinajstić information content (AvgIpc) is 2.47. The quantitative estimate of drug-likeness (QED) is 0.555. The molecule has 20 heavy (non-hydrogen) atoms. The maximum Gasteiger partial charge on any atom is -0.0162 e. The van der Waals surface area contributed by atoms with E-state index in [1.807, 2.05) is 0 Å². The van der Waals surface area contributed by atoms with Crippen molar-refractivity contribution in [1.29, 1.82) is 0 Å². The van der Waals surface area contributed by atoms with Gasteiger partial charge in [0.25, 0.3) is 0 Å². The molecule has 0 nitrogen and oxygen atoms in total. The molecule has 0 heterocycles. The fourth-order valence-electron chi connectivity index (χ4n) is 3.75. The van der Waals surface area contributed by atoms with Gasteiger partial charge in [-0.25, -0.2) is 0 Å². The molecule has 1 aliphatic rings. The molecule has 0 amide bonds. The number of hydrogen-bond acceptors (Lipinski definition) is 0. The van der Waals surface area contributed by atoms with Crippen LogP contribution in [0.2, 0.25) is 0 Å². The SMILES string of the molecule is CCCC[C@]1(C)CC[C@H](c2ccc(CCC)cc2)CC1. The van der Waals surface area contributed by atoms with Crippen LogP contribution in [0.1, 0.15) is 89.2 Å². The summed E-state index contributed by atoms with van der Waals surface area (Å²) in [5.41, 5.74) is 3.72. The Morgan fingerprint density at radius 3 is 2.20 bits per heavy atom. The molecule has 1 saturated carbocycles. The largest absolute Gasteiger partial charge is 0.0654 e. The molecule has 0 heteroatoms. The molecule has 0 aliphatic heterocycles. The Morgan fingerprint density at radius 2 is 1.65 bits per heavy atom. The van der Waals surface area contributed by atoms with Gasteiger partial charge in [0.15, 0.2) is 0 Å². The summed E-state index contributed by atoms with van der Waals surface area (Å²) in [4.78, 5) is 0. The van der Waals surface area contributed by atoms with Gasteiger partial charge in [-0.15, -0.1) is 0 Å². The summed E-state index contributed by atoms with van der Waals surface area (Å²) in [6, 6.07) is 9.49. The van der Waals surface area contributed by atoms with E-state index in [2.05, 4.69) is 45.0 Å². The van der Waals surface area contributed by atoms with Gasteiger partial charge in [-0.1, -0.05) is 64.3 Å². The van der Waals surface area contributed by atoms with E-state index in [4.69, 9.17) is 0 Å². The molecule has 1 fully saturated rings. The van der Waals surface area contributed by atoms with E-state index in [-0.39, 0.29) is 0 Å². The van der Waals surface area contributed by atoms with Gasteiger partial charge in [-0.3, -0.25) is 0 Å². The summed E-state index contributed by atoms with van der Waals surface area (Å²) in [5.74, 6) is 0.820. The van der Waals surface area contributed by atoms with Gasteiger partial charge in [-0.2, -0.15) is 0 Å². The fourth-order valence-corrected chi connectivity index (χ4v) is 3.75. The molecule has 0 saturated heterocycles. The van der Waals surface area contributed by atoms with E-state index < -0.39 is 0 Å². The van der Waals surface area contributed by atoms with Gasteiger partial charge in [0.1, 0.15) is 0 Å². The molecule has 0 radical (unpaired) electrons. The van der Waals surface area contributed by atoms with Crippen molar-refractivity contribution in [2.24, 2.45) is 5.41 Å². The highest BCUT2D eigenvalue weighted by molar-refractivity contribution is 5.26. The Morgan fingerprint density at radius 1 is 1.00 bits per heavy atom. The van der Waals surface area contributed by atoms with Crippen LogP contribution in [0.25, 0.3) is 0 Å².